The van der Waals surface area contributed by atoms with E-state index in [1.54, 1.807) is 19.4 Å². The van der Waals surface area contributed by atoms with Gasteiger partial charge in [0.15, 0.2) is 0 Å². The normalized spacial score (nSPS) is 37.2. The molecule has 3 aliphatic rings. The molecule has 3 heteroatoms. The lowest BCUT2D eigenvalue weighted by molar-refractivity contribution is -0.0424. The summed E-state index contributed by atoms with van der Waals surface area (Å²) in [5, 5.41) is 19.9. The highest BCUT2D eigenvalue weighted by molar-refractivity contribution is 5.36. The van der Waals surface area contributed by atoms with E-state index in [2.05, 4.69) is 32.6 Å². The average molecular weight is 403 g/mol. The molecule has 3 nitrogen and oxygen atoms in total. The fourth-order valence-electron chi connectivity index (χ4n) is 6.22. The molecule has 164 valence electrons. The van der Waals surface area contributed by atoms with Crippen molar-refractivity contribution in [3.8, 4) is 0 Å². The minimum Gasteiger partial charge on any atom is -0.393 e. The first kappa shape index (κ1) is 22.8. The van der Waals surface area contributed by atoms with Crippen molar-refractivity contribution < 1.29 is 14.9 Å². The van der Waals surface area contributed by atoms with Crippen LogP contribution in [-0.2, 0) is 4.74 Å². The number of rotatable bonds is 6. The van der Waals surface area contributed by atoms with Crippen molar-refractivity contribution in [1.82, 2.24) is 0 Å². The summed E-state index contributed by atoms with van der Waals surface area (Å²) in [7, 11) is 0. The van der Waals surface area contributed by atoms with Gasteiger partial charge in [-0.3, -0.25) is 0 Å². The van der Waals surface area contributed by atoms with Crippen LogP contribution in [0.1, 0.15) is 79.1 Å². The van der Waals surface area contributed by atoms with Crippen LogP contribution in [0.25, 0.3) is 0 Å². The van der Waals surface area contributed by atoms with E-state index in [1.165, 1.54) is 43.3 Å². The molecule has 0 aromatic heterocycles. The highest BCUT2D eigenvalue weighted by Crippen LogP contribution is 2.59. The second kappa shape index (κ2) is 9.08. The van der Waals surface area contributed by atoms with E-state index in [-0.39, 0.29) is 6.10 Å². The van der Waals surface area contributed by atoms with E-state index < -0.39 is 5.60 Å². The molecule has 0 aromatic rings. The highest BCUT2D eigenvalue weighted by Gasteiger charge is 2.50. The summed E-state index contributed by atoms with van der Waals surface area (Å²) in [6, 6.07) is 0. The Labute approximate surface area is 177 Å². The van der Waals surface area contributed by atoms with Crippen LogP contribution >= 0.6 is 0 Å². The average Bonchev–Trinajstić information content (AvgIpc) is 2.99. The van der Waals surface area contributed by atoms with E-state index in [1.807, 2.05) is 0 Å². The zero-order chi connectivity index (χ0) is 21.2. The Morgan fingerprint density at radius 1 is 1.24 bits per heavy atom. The number of hydrogen-bond donors (Lipinski definition) is 2. The number of ether oxygens (including phenoxy) is 1. The van der Waals surface area contributed by atoms with Gasteiger partial charge in [0.05, 0.1) is 18.3 Å². The number of hydrogen-bond acceptors (Lipinski definition) is 3. The molecule has 2 N–H and O–H groups in total. The van der Waals surface area contributed by atoms with Gasteiger partial charge in [-0.05, 0) is 94.0 Å². The smallest absolute Gasteiger partial charge is 0.0824 e. The van der Waals surface area contributed by atoms with Gasteiger partial charge in [0.2, 0.25) is 0 Å². The van der Waals surface area contributed by atoms with Gasteiger partial charge in [-0.1, -0.05) is 43.7 Å². The Hall–Kier alpha value is -0.900. The van der Waals surface area contributed by atoms with Crippen molar-refractivity contribution >= 4 is 0 Å². The third-order valence-corrected chi connectivity index (χ3v) is 7.75. The zero-order valence-corrected chi connectivity index (χ0v) is 19.0. The van der Waals surface area contributed by atoms with E-state index in [0.29, 0.717) is 29.8 Å². The van der Waals surface area contributed by atoms with E-state index in [0.717, 1.165) is 25.9 Å². The van der Waals surface area contributed by atoms with Crippen molar-refractivity contribution in [2.24, 2.45) is 23.2 Å². The molecule has 3 aliphatic carbocycles. The van der Waals surface area contributed by atoms with Crippen molar-refractivity contribution in [3.05, 3.63) is 35.5 Å². The Bertz CT molecular complexity index is 653. The zero-order valence-electron chi connectivity index (χ0n) is 19.0. The summed E-state index contributed by atoms with van der Waals surface area (Å²) in [6.45, 7) is 13.8. The summed E-state index contributed by atoms with van der Waals surface area (Å²) < 4.78 is 5.87. The predicted octanol–water partition coefficient (Wildman–Crippen LogP) is 5.58. The number of aliphatic hydroxyl groups is 2. The van der Waals surface area contributed by atoms with Gasteiger partial charge in [0, 0.05) is 6.61 Å². The molecular weight excluding hydrogens is 360 g/mol. The van der Waals surface area contributed by atoms with Crippen LogP contribution in [0.4, 0.5) is 0 Å². The molecule has 3 fully saturated rings. The number of aliphatic hydroxyl groups excluding tert-OH is 1. The summed E-state index contributed by atoms with van der Waals surface area (Å²) in [5.41, 5.74) is 3.64. The molecule has 29 heavy (non-hydrogen) atoms. The second-order valence-corrected chi connectivity index (χ2v) is 10.8. The molecule has 0 heterocycles. The molecule has 0 amide bonds. The van der Waals surface area contributed by atoms with Gasteiger partial charge >= 0.3 is 0 Å². The van der Waals surface area contributed by atoms with Crippen molar-refractivity contribution in [3.63, 3.8) is 0 Å². The lowest BCUT2D eigenvalue weighted by Crippen LogP contribution is -2.37. The maximum Gasteiger partial charge on any atom is 0.0824 e. The molecule has 0 radical (unpaired) electrons. The van der Waals surface area contributed by atoms with Crippen LogP contribution < -0.4 is 0 Å². The molecule has 3 saturated carbocycles. The van der Waals surface area contributed by atoms with Gasteiger partial charge in [0.25, 0.3) is 0 Å². The van der Waals surface area contributed by atoms with Gasteiger partial charge in [-0.2, -0.15) is 0 Å². The first-order chi connectivity index (χ1) is 13.6. The van der Waals surface area contributed by atoms with E-state index in [4.69, 9.17) is 4.74 Å². The minimum absolute atomic E-state index is 0.206. The molecule has 0 bridgehead atoms. The Kier molecular flexibility index (Phi) is 7.13. The van der Waals surface area contributed by atoms with Gasteiger partial charge < -0.3 is 14.9 Å². The van der Waals surface area contributed by atoms with Gasteiger partial charge in [0.1, 0.15) is 0 Å². The standard InChI is InChI=1S/C26H42O3/c1-18-8-11-22(27)15-21(18)10-9-20-7-6-14-26(5)23(12-13-24(20)26)19(2)16-29-17-25(3,4)28/h9-10,19,22-24,27-28H,1,6-8,11-17H2,2-5H3/b20-9+,21-10-/t19-,22+,23-,24+,26-/m1/s1. The molecule has 0 unspecified atom stereocenters. The maximum atomic E-state index is 10.0. The first-order valence-corrected chi connectivity index (χ1v) is 11.7. The monoisotopic (exact) mass is 402 g/mol. The Balaban J connectivity index is 1.68. The molecule has 0 saturated heterocycles. The summed E-state index contributed by atoms with van der Waals surface area (Å²) in [6.07, 6.45) is 13.3. The van der Waals surface area contributed by atoms with Gasteiger partial charge in [-0.25, -0.2) is 0 Å². The van der Waals surface area contributed by atoms with Crippen LogP contribution in [0.2, 0.25) is 0 Å². The fraction of sp³-hybridized carbons (Fsp3) is 0.769. The molecular formula is C26H42O3. The summed E-state index contributed by atoms with van der Waals surface area (Å²) >= 11 is 0. The van der Waals surface area contributed by atoms with Crippen molar-refractivity contribution in [1.29, 1.82) is 0 Å². The quantitative estimate of drug-likeness (QED) is 0.610. The third kappa shape index (κ3) is 5.42. The maximum absolute atomic E-state index is 10.0. The largest absolute Gasteiger partial charge is 0.393 e. The van der Waals surface area contributed by atoms with Gasteiger partial charge in [-0.15, -0.1) is 0 Å². The highest BCUT2D eigenvalue weighted by atomic mass is 16.5. The molecule has 0 spiro atoms. The van der Waals surface area contributed by atoms with Crippen LogP contribution in [0.3, 0.4) is 0 Å². The van der Waals surface area contributed by atoms with Crippen molar-refractivity contribution in [2.45, 2.75) is 90.8 Å². The van der Waals surface area contributed by atoms with E-state index in [9.17, 15) is 10.2 Å². The molecule has 3 rings (SSSR count). The van der Waals surface area contributed by atoms with Crippen LogP contribution in [0.15, 0.2) is 35.5 Å². The SMILES string of the molecule is C=C1CC[C@H](O)C/C1=C/C=C1\CCC[C@]2(C)[C@@H]([C@H](C)COCC(C)(C)O)CC[C@@H]12. The Morgan fingerprint density at radius 2 is 2.00 bits per heavy atom. The predicted molar refractivity (Wildman–Crippen MR) is 120 cm³/mol. The summed E-state index contributed by atoms with van der Waals surface area (Å²) in [4.78, 5) is 0. The van der Waals surface area contributed by atoms with Crippen LogP contribution in [0.5, 0.6) is 0 Å². The lowest BCUT2D eigenvalue weighted by atomic mass is 9.61. The van der Waals surface area contributed by atoms with Crippen LogP contribution in [0, 0.1) is 23.2 Å². The number of allylic oxidation sites excluding steroid dienone is 4. The summed E-state index contributed by atoms with van der Waals surface area (Å²) in [5.74, 6) is 1.85. The minimum atomic E-state index is -0.757. The van der Waals surface area contributed by atoms with E-state index >= 15 is 0 Å². The molecule has 5 atom stereocenters. The Morgan fingerprint density at radius 3 is 2.72 bits per heavy atom. The second-order valence-electron chi connectivity index (χ2n) is 10.8. The van der Waals surface area contributed by atoms with Crippen LogP contribution in [-0.4, -0.2) is 35.1 Å². The fourth-order valence-corrected chi connectivity index (χ4v) is 6.22. The number of fused-ring (bicyclic) bond motifs is 1. The topological polar surface area (TPSA) is 49.7 Å². The molecule has 0 aromatic carbocycles. The third-order valence-electron chi connectivity index (χ3n) is 7.75. The lowest BCUT2D eigenvalue weighted by Gasteiger charge is -2.44. The van der Waals surface area contributed by atoms with Crippen molar-refractivity contribution in [2.75, 3.05) is 13.2 Å². The molecule has 0 aliphatic heterocycles. The first-order valence-electron chi connectivity index (χ1n) is 11.7.